The van der Waals surface area contributed by atoms with Gasteiger partial charge in [0.1, 0.15) is 0 Å². The SMILES string of the molecule is CN1CCCC(NC(=O)c2ccc(N)c(Br)c2)C1. The molecule has 1 aromatic carbocycles. The minimum absolute atomic E-state index is 0.0315. The number of nitrogens with one attached hydrogen (secondary N) is 1. The first-order chi connectivity index (χ1) is 8.56. The Morgan fingerprint density at radius 2 is 2.33 bits per heavy atom. The number of hydrogen-bond acceptors (Lipinski definition) is 3. The van der Waals surface area contributed by atoms with Gasteiger partial charge in [-0.25, -0.2) is 0 Å². The molecule has 0 aliphatic carbocycles. The van der Waals surface area contributed by atoms with Crippen LogP contribution in [0, 0.1) is 0 Å². The molecule has 1 aliphatic rings. The zero-order valence-electron chi connectivity index (χ0n) is 10.4. The first kappa shape index (κ1) is 13.4. The molecule has 1 aromatic rings. The third-order valence-electron chi connectivity index (χ3n) is 3.22. The van der Waals surface area contributed by atoms with Crippen LogP contribution >= 0.6 is 15.9 Å². The maximum absolute atomic E-state index is 12.1. The molecular weight excluding hydrogens is 294 g/mol. The van der Waals surface area contributed by atoms with E-state index < -0.39 is 0 Å². The van der Waals surface area contributed by atoms with E-state index in [1.807, 2.05) is 0 Å². The van der Waals surface area contributed by atoms with Crippen LogP contribution in [0.1, 0.15) is 23.2 Å². The van der Waals surface area contributed by atoms with Gasteiger partial charge in [0.15, 0.2) is 0 Å². The van der Waals surface area contributed by atoms with E-state index in [-0.39, 0.29) is 11.9 Å². The van der Waals surface area contributed by atoms with Crippen molar-refractivity contribution < 1.29 is 4.79 Å². The van der Waals surface area contributed by atoms with Gasteiger partial charge < -0.3 is 16.0 Å². The van der Waals surface area contributed by atoms with Crippen LogP contribution in [-0.2, 0) is 0 Å². The Hall–Kier alpha value is -1.07. The summed E-state index contributed by atoms with van der Waals surface area (Å²) in [6.45, 7) is 2.03. The second-order valence-corrected chi connectivity index (χ2v) is 5.67. The standard InChI is InChI=1S/C13H18BrN3O/c1-17-6-2-3-10(8-17)16-13(18)9-4-5-12(15)11(14)7-9/h4-5,7,10H,2-3,6,8,15H2,1H3,(H,16,18). The fraction of sp³-hybridized carbons (Fsp3) is 0.462. The Balaban J connectivity index is 2.00. The third-order valence-corrected chi connectivity index (χ3v) is 3.91. The Morgan fingerprint density at radius 3 is 3.00 bits per heavy atom. The van der Waals surface area contributed by atoms with Crippen molar-refractivity contribution in [2.24, 2.45) is 0 Å². The van der Waals surface area contributed by atoms with Crippen LogP contribution in [-0.4, -0.2) is 37.0 Å². The van der Waals surface area contributed by atoms with Crippen LogP contribution in [0.2, 0.25) is 0 Å². The van der Waals surface area contributed by atoms with E-state index in [4.69, 9.17) is 5.73 Å². The van der Waals surface area contributed by atoms with E-state index in [0.717, 1.165) is 30.4 Å². The summed E-state index contributed by atoms with van der Waals surface area (Å²) in [6.07, 6.45) is 2.18. The Kier molecular flexibility index (Phi) is 4.24. The van der Waals surface area contributed by atoms with Crippen LogP contribution in [0.25, 0.3) is 0 Å². The first-order valence-corrected chi connectivity index (χ1v) is 6.90. The summed E-state index contributed by atoms with van der Waals surface area (Å²) in [7, 11) is 2.08. The molecule has 1 atom stereocenters. The summed E-state index contributed by atoms with van der Waals surface area (Å²) in [6, 6.07) is 5.50. The fourth-order valence-electron chi connectivity index (χ4n) is 2.22. The zero-order valence-corrected chi connectivity index (χ0v) is 12.0. The number of piperidine rings is 1. The van der Waals surface area contributed by atoms with Gasteiger partial charge in [0.2, 0.25) is 0 Å². The first-order valence-electron chi connectivity index (χ1n) is 6.10. The van der Waals surface area contributed by atoms with Gasteiger partial charge in [0.05, 0.1) is 0 Å². The number of carbonyl (C=O) groups excluding carboxylic acids is 1. The maximum Gasteiger partial charge on any atom is 0.251 e. The number of rotatable bonds is 2. The second-order valence-electron chi connectivity index (χ2n) is 4.81. The number of nitrogens with zero attached hydrogens (tertiary/aromatic N) is 1. The molecule has 0 radical (unpaired) electrons. The Labute approximate surface area is 116 Å². The van der Waals surface area contributed by atoms with Crippen LogP contribution in [0.15, 0.2) is 22.7 Å². The van der Waals surface area contributed by atoms with Gasteiger partial charge in [-0.2, -0.15) is 0 Å². The number of nitrogens with two attached hydrogens (primary N) is 1. The molecule has 3 N–H and O–H groups in total. The predicted octanol–water partition coefficient (Wildman–Crippen LogP) is 1.86. The lowest BCUT2D eigenvalue weighted by molar-refractivity contribution is 0.0912. The Bertz CT molecular complexity index is 450. The number of halogens is 1. The van der Waals surface area contributed by atoms with Gasteiger partial charge >= 0.3 is 0 Å². The summed E-state index contributed by atoms with van der Waals surface area (Å²) in [4.78, 5) is 14.3. The van der Waals surface area contributed by atoms with E-state index in [1.54, 1.807) is 18.2 Å². The number of carbonyl (C=O) groups is 1. The number of hydrogen-bond donors (Lipinski definition) is 2. The highest BCUT2D eigenvalue weighted by atomic mass is 79.9. The van der Waals surface area contributed by atoms with Crippen molar-refractivity contribution in [3.63, 3.8) is 0 Å². The number of likely N-dealkylation sites (N-methyl/N-ethyl adjacent to an activating group) is 1. The normalized spacial score (nSPS) is 20.7. The number of likely N-dealkylation sites (tertiary alicyclic amines) is 1. The molecule has 1 saturated heterocycles. The van der Waals surface area contributed by atoms with Crippen LogP contribution in [0.5, 0.6) is 0 Å². The van der Waals surface area contributed by atoms with Crippen LogP contribution in [0.3, 0.4) is 0 Å². The molecule has 1 heterocycles. The average Bonchev–Trinajstić information content (AvgIpc) is 2.32. The van der Waals surface area contributed by atoms with Gasteiger partial charge in [-0.3, -0.25) is 4.79 Å². The Morgan fingerprint density at radius 1 is 1.56 bits per heavy atom. The van der Waals surface area contributed by atoms with Gasteiger partial charge in [-0.05, 0) is 60.6 Å². The number of amides is 1. The summed E-state index contributed by atoms with van der Waals surface area (Å²) >= 11 is 3.34. The molecule has 18 heavy (non-hydrogen) atoms. The van der Waals surface area contributed by atoms with Crippen LogP contribution in [0.4, 0.5) is 5.69 Å². The van der Waals surface area contributed by atoms with Crippen molar-refractivity contribution in [3.8, 4) is 0 Å². The summed E-state index contributed by atoms with van der Waals surface area (Å²) in [5, 5.41) is 3.07. The smallest absolute Gasteiger partial charge is 0.251 e. The lowest BCUT2D eigenvalue weighted by Crippen LogP contribution is -2.46. The molecule has 4 nitrogen and oxygen atoms in total. The monoisotopic (exact) mass is 311 g/mol. The summed E-state index contributed by atoms with van der Waals surface area (Å²) in [5.41, 5.74) is 6.99. The van der Waals surface area contributed by atoms with Crippen LogP contribution < -0.4 is 11.1 Å². The molecule has 1 fully saturated rings. The van der Waals surface area contributed by atoms with Gasteiger partial charge in [0, 0.05) is 28.3 Å². The van der Waals surface area contributed by atoms with Crippen molar-refractivity contribution in [2.45, 2.75) is 18.9 Å². The highest BCUT2D eigenvalue weighted by Crippen LogP contribution is 2.20. The topological polar surface area (TPSA) is 58.4 Å². The molecule has 1 unspecified atom stereocenters. The molecule has 1 aliphatic heterocycles. The summed E-state index contributed by atoms with van der Waals surface area (Å²) < 4.78 is 0.760. The number of anilines is 1. The molecule has 2 rings (SSSR count). The number of nitrogen functional groups attached to an aromatic ring is 1. The number of benzene rings is 1. The van der Waals surface area contributed by atoms with Crippen molar-refractivity contribution in [1.29, 1.82) is 0 Å². The van der Waals surface area contributed by atoms with Crippen molar-refractivity contribution in [3.05, 3.63) is 28.2 Å². The van der Waals surface area contributed by atoms with E-state index in [1.165, 1.54) is 0 Å². The van der Waals surface area contributed by atoms with Crippen molar-refractivity contribution >= 4 is 27.5 Å². The molecule has 0 bridgehead atoms. The van der Waals surface area contributed by atoms with E-state index in [0.29, 0.717) is 11.3 Å². The van der Waals surface area contributed by atoms with Crippen molar-refractivity contribution in [2.75, 3.05) is 25.9 Å². The highest BCUT2D eigenvalue weighted by molar-refractivity contribution is 9.10. The quantitative estimate of drug-likeness (QED) is 0.820. The molecule has 0 saturated carbocycles. The molecule has 0 spiro atoms. The largest absolute Gasteiger partial charge is 0.398 e. The minimum Gasteiger partial charge on any atom is -0.398 e. The van der Waals surface area contributed by atoms with E-state index in [9.17, 15) is 4.79 Å². The summed E-state index contributed by atoms with van der Waals surface area (Å²) in [5.74, 6) is -0.0315. The average molecular weight is 312 g/mol. The molecule has 5 heteroatoms. The maximum atomic E-state index is 12.1. The molecular formula is C13H18BrN3O. The lowest BCUT2D eigenvalue weighted by Gasteiger charge is -2.30. The van der Waals surface area contributed by atoms with Gasteiger partial charge in [-0.15, -0.1) is 0 Å². The highest BCUT2D eigenvalue weighted by Gasteiger charge is 2.19. The molecule has 1 amide bonds. The lowest BCUT2D eigenvalue weighted by atomic mass is 10.1. The minimum atomic E-state index is -0.0315. The van der Waals surface area contributed by atoms with Gasteiger partial charge in [-0.1, -0.05) is 0 Å². The third kappa shape index (κ3) is 3.23. The second kappa shape index (κ2) is 5.71. The van der Waals surface area contributed by atoms with E-state index >= 15 is 0 Å². The van der Waals surface area contributed by atoms with Crippen molar-refractivity contribution in [1.82, 2.24) is 10.2 Å². The van der Waals surface area contributed by atoms with E-state index in [2.05, 4.69) is 33.2 Å². The predicted molar refractivity (Wildman–Crippen MR) is 76.5 cm³/mol. The molecule has 98 valence electrons. The zero-order chi connectivity index (χ0) is 13.1. The molecule has 0 aromatic heterocycles. The fourth-order valence-corrected chi connectivity index (χ4v) is 2.60. The van der Waals surface area contributed by atoms with Gasteiger partial charge in [0.25, 0.3) is 5.91 Å².